The van der Waals surface area contributed by atoms with Gasteiger partial charge in [0.1, 0.15) is 5.75 Å². The van der Waals surface area contributed by atoms with Crippen LogP contribution in [0.5, 0.6) is 5.75 Å². The number of fused-ring (bicyclic) bond motifs is 1. The Bertz CT molecular complexity index is 1180. The Morgan fingerprint density at radius 2 is 1.82 bits per heavy atom. The van der Waals surface area contributed by atoms with Crippen LogP contribution in [0.4, 0.5) is 11.4 Å². The Hall–Kier alpha value is -3.33. The molecule has 0 bridgehead atoms. The normalized spacial score (nSPS) is 12.4. The number of carbonyl (C=O) groups is 2. The van der Waals surface area contributed by atoms with E-state index in [9.17, 15) is 9.59 Å². The summed E-state index contributed by atoms with van der Waals surface area (Å²) in [4.78, 5) is 26.3. The minimum absolute atomic E-state index is 0.136. The number of carbonyl (C=O) groups excluding carboxylic acids is 2. The van der Waals surface area contributed by atoms with E-state index in [0.29, 0.717) is 24.5 Å². The molecule has 1 aliphatic heterocycles. The Morgan fingerprint density at radius 1 is 1.03 bits per heavy atom. The first-order valence-electron chi connectivity index (χ1n) is 10.8. The SMILES string of the molecule is COCc1cc(NC(=O)c2ccccc2SCC(=O)Nc2ccc(C)cc2)cc2c1OCOC2. The first-order chi connectivity index (χ1) is 16.5. The van der Waals surface area contributed by atoms with Crippen molar-refractivity contribution in [3.05, 3.63) is 82.9 Å². The summed E-state index contributed by atoms with van der Waals surface area (Å²) in [5.41, 5.74) is 4.69. The number of benzene rings is 3. The van der Waals surface area contributed by atoms with Gasteiger partial charge in [0.15, 0.2) is 6.79 Å². The summed E-state index contributed by atoms with van der Waals surface area (Å²) in [5, 5.41) is 5.84. The average Bonchev–Trinajstić information content (AvgIpc) is 2.84. The number of hydrogen-bond donors (Lipinski definition) is 2. The Kier molecular flexibility index (Phi) is 7.84. The maximum atomic E-state index is 13.1. The zero-order valence-electron chi connectivity index (χ0n) is 19.1. The standard InChI is InChI=1S/C26H26N2O5S/c1-17-7-9-20(10-8-17)27-24(29)15-34-23-6-4-3-5-22(23)26(30)28-21-11-18(13-31-2)25-19(12-21)14-32-16-33-25/h3-12H,13-16H2,1-2H3,(H,27,29)(H,28,30). The van der Waals surface area contributed by atoms with E-state index in [0.717, 1.165) is 33.0 Å². The lowest BCUT2D eigenvalue weighted by molar-refractivity contribution is -0.113. The topological polar surface area (TPSA) is 85.9 Å². The lowest BCUT2D eigenvalue weighted by Gasteiger charge is -2.22. The molecule has 0 saturated heterocycles. The molecule has 0 saturated carbocycles. The van der Waals surface area contributed by atoms with Crippen LogP contribution in [0.1, 0.15) is 27.0 Å². The van der Waals surface area contributed by atoms with Gasteiger partial charge in [-0.3, -0.25) is 9.59 Å². The van der Waals surface area contributed by atoms with Crippen molar-refractivity contribution in [3.63, 3.8) is 0 Å². The summed E-state index contributed by atoms with van der Waals surface area (Å²) in [7, 11) is 1.61. The Balaban J connectivity index is 1.45. The molecule has 2 N–H and O–H groups in total. The van der Waals surface area contributed by atoms with Gasteiger partial charge in [-0.15, -0.1) is 11.8 Å². The van der Waals surface area contributed by atoms with Gasteiger partial charge in [0.25, 0.3) is 5.91 Å². The van der Waals surface area contributed by atoms with Gasteiger partial charge in [-0.05, 0) is 43.3 Å². The van der Waals surface area contributed by atoms with Crippen molar-refractivity contribution in [1.82, 2.24) is 0 Å². The molecule has 1 heterocycles. The zero-order valence-corrected chi connectivity index (χ0v) is 19.9. The third kappa shape index (κ3) is 5.96. The number of hydrogen-bond acceptors (Lipinski definition) is 6. The van der Waals surface area contributed by atoms with Crippen molar-refractivity contribution in [1.29, 1.82) is 0 Å². The van der Waals surface area contributed by atoms with Gasteiger partial charge in [0.2, 0.25) is 5.91 Å². The van der Waals surface area contributed by atoms with Crippen LogP contribution in [-0.4, -0.2) is 31.5 Å². The lowest BCUT2D eigenvalue weighted by atomic mass is 10.1. The van der Waals surface area contributed by atoms with Crippen LogP contribution < -0.4 is 15.4 Å². The molecular weight excluding hydrogens is 452 g/mol. The van der Waals surface area contributed by atoms with Crippen LogP contribution in [0.15, 0.2) is 65.6 Å². The molecule has 0 radical (unpaired) electrons. The third-order valence-electron chi connectivity index (χ3n) is 5.17. The lowest BCUT2D eigenvalue weighted by Crippen LogP contribution is -2.17. The van der Waals surface area contributed by atoms with Crippen LogP contribution in [-0.2, 0) is 27.5 Å². The van der Waals surface area contributed by atoms with Crippen molar-refractivity contribution in [2.24, 2.45) is 0 Å². The minimum atomic E-state index is -0.261. The largest absolute Gasteiger partial charge is 0.467 e. The fraction of sp³-hybridized carbons (Fsp3) is 0.231. The molecule has 176 valence electrons. The summed E-state index contributed by atoms with van der Waals surface area (Å²) < 4.78 is 16.3. The van der Waals surface area contributed by atoms with Gasteiger partial charge in [0.05, 0.1) is 24.5 Å². The molecule has 34 heavy (non-hydrogen) atoms. The average molecular weight is 479 g/mol. The van der Waals surface area contributed by atoms with Crippen molar-refractivity contribution in [3.8, 4) is 5.75 Å². The van der Waals surface area contributed by atoms with Crippen molar-refractivity contribution >= 4 is 35.0 Å². The van der Waals surface area contributed by atoms with E-state index in [1.165, 1.54) is 11.8 Å². The smallest absolute Gasteiger partial charge is 0.256 e. The van der Waals surface area contributed by atoms with Crippen molar-refractivity contribution in [2.45, 2.75) is 25.0 Å². The van der Waals surface area contributed by atoms with Gasteiger partial charge in [-0.2, -0.15) is 0 Å². The first kappa shape index (κ1) is 23.8. The fourth-order valence-electron chi connectivity index (χ4n) is 3.59. The summed E-state index contributed by atoms with van der Waals surface area (Å²) in [6, 6.07) is 18.5. The first-order valence-corrected chi connectivity index (χ1v) is 11.8. The van der Waals surface area contributed by atoms with E-state index in [1.54, 1.807) is 19.2 Å². The van der Waals surface area contributed by atoms with Gasteiger partial charge < -0.3 is 24.8 Å². The Labute approximate surface area is 202 Å². The fourth-order valence-corrected chi connectivity index (χ4v) is 4.44. The van der Waals surface area contributed by atoms with Crippen molar-refractivity contribution < 1.29 is 23.8 Å². The second-order valence-corrected chi connectivity index (χ2v) is 8.84. The summed E-state index contributed by atoms with van der Waals surface area (Å²) >= 11 is 1.32. The number of methoxy groups -OCH3 is 1. The molecule has 0 aliphatic carbocycles. The van der Waals surface area contributed by atoms with Gasteiger partial charge in [0, 0.05) is 34.5 Å². The van der Waals surface area contributed by atoms with Crippen LogP contribution in [0, 0.1) is 6.92 Å². The highest BCUT2D eigenvalue weighted by Gasteiger charge is 2.19. The quantitative estimate of drug-likeness (QED) is 0.444. The second-order valence-electron chi connectivity index (χ2n) is 7.82. The number of anilines is 2. The van der Waals surface area contributed by atoms with Gasteiger partial charge in [-0.1, -0.05) is 29.8 Å². The predicted octanol–water partition coefficient (Wildman–Crippen LogP) is 4.99. The maximum absolute atomic E-state index is 13.1. The van der Waals surface area contributed by atoms with E-state index < -0.39 is 0 Å². The van der Waals surface area contributed by atoms with Crippen LogP contribution >= 0.6 is 11.8 Å². The number of amides is 2. The molecule has 7 nitrogen and oxygen atoms in total. The molecule has 0 atom stereocenters. The predicted molar refractivity (Wildman–Crippen MR) is 132 cm³/mol. The van der Waals surface area contributed by atoms with Crippen LogP contribution in [0.25, 0.3) is 0 Å². The van der Waals surface area contributed by atoms with E-state index in [1.807, 2.05) is 55.5 Å². The number of thioether (sulfide) groups is 1. The molecule has 0 fully saturated rings. The van der Waals surface area contributed by atoms with E-state index in [-0.39, 0.29) is 24.4 Å². The van der Waals surface area contributed by atoms with E-state index in [2.05, 4.69) is 10.6 Å². The van der Waals surface area contributed by atoms with Crippen LogP contribution in [0.2, 0.25) is 0 Å². The van der Waals surface area contributed by atoms with E-state index in [4.69, 9.17) is 14.2 Å². The maximum Gasteiger partial charge on any atom is 0.256 e. The second kappa shape index (κ2) is 11.2. The number of nitrogens with one attached hydrogen (secondary N) is 2. The molecule has 0 unspecified atom stereocenters. The molecule has 2 amide bonds. The highest BCUT2D eigenvalue weighted by molar-refractivity contribution is 8.00. The van der Waals surface area contributed by atoms with Gasteiger partial charge >= 0.3 is 0 Å². The zero-order chi connectivity index (χ0) is 23.9. The third-order valence-corrected chi connectivity index (χ3v) is 6.24. The van der Waals surface area contributed by atoms with Crippen LogP contribution in [0.3, 0.4) is 0 Å². The highest BCUT2D eigenvalue weighted by atomic mass is 32.2. The van der Waals surface area contributed by atoms with E-state index >= 15 is 0 Å². The number of ether oxygens (including phenoxy) is 3. The van der Waals surface area contributed by atoms with Crippen molar-refractivity contribution in [2.75, 3.05) is 30.3 Å². The molecular formula is C26H26N2O5S. The molecule has 4 rings (SSSR count). The minimum Gasteiger partial charge on any atom is -0.467 e. The summed E-state index contributed by atoms with van der Waals surface area (Å²) in [6.45, 7) is 2.94. The Morgan fingerprint density at radius 3 is 2.62 bits per heavy atom. The number of aryl methyl sites for hydroxylation is 1. The molecule has 3 aromatic rings. The highest BCUT2D eigenvalue weighted by Crippen LogP contribution is 2.33. The summed E-state index contributed by atoms with van der Waals surface area (Å²) in [6.07, 6.45) is 0. The molecule has 0 spiro atoms. The molecule has 8 heteroatoms. The molecule has 0 aromatic heterocycles. The monoisotopic (exact) mass is 478 g/mol. The number of rotatable bonds is 8. The van der Waals surface area contributed by atoms with Gasteiger partial charge in [-0.25, -0.2) is 0 Å². The summed E-state index contributed by atoms with van der Waals surface area (Å²) in [5.74, 6) is 0.525. The molecule has 3 aromatic carbocycles. The molecule has 1 aliphatic rings.